The second kappa shape index (κ2) is 6.26. The van der Waals surface area contributed by atoms with Crippen LogP contribution in [-0.4, -0.2) is 75.1 Å². The Morgan fingerprint density at radius 3 is 2.58 bits per heavy atom. The van der Waals surface area contributed by atoms with Crippen molar-refractivity contribution in [3.63, 3.8) is 0 Å². The Balaban J connectivity index is 1.45. The fourth-order valence-electron chi connectivity index (χ4n) is 10.3. The van der Waals surface area contributed by atoms with Gasteiger partial charge in [0.1, 0.15) is 11.9 Å². The van der Waals surface area contributed by atoms with E-state index in [1.165, 1.54) is 0 Å². The maximum atomic E-state index is 14.4. The maximum absolute atomic E-state index is 14.4. The molecule has 2 saturated carbocycles. The van der Waals surface area contributed by atoms with Crippen LogP contribution in [0.3, 0.4) is 0 Å². The molecule has 0 aromatic rings. The highest BCUT2D eigenvalue weighted by atomic mass is 16.7. The number of allylic oxidation sites excluding steroid dienone is 2. The highest BCUT2D eigenvalue weighted by Crippen LogP contribution is 2.76. The van der Waals surface area contributed by atoms with Crippen molar-refractivity contribution in [2.45, 2.75) is 81.1 Å². The Morgan fingerprint density at radius 2 is 1.82 bits per heavy atom. The molecule has 1 spiro atoms. The van der Waals surface area contributed by atoms with E-state index in [0.29, 0.717) is 12.0 Å². The normalized spacial score (nSPS) is 59.0. The average molecular weight is 527 g/mol. The summed E-state index contributed by atoms with van der Waals surface area (Å²) in [6, 6.07) is 0. The molecule has 4 aliphatic heterocycles. The molecule has 0 radical (unpaired) electrons. The van der Waals surface area contributed by atoms with Gasteiger partial charge in [0.15, 0.2) is 11.2 Å². The van der Waals surface area contributed by atoms with Gasteiger partial charge in [0.2, 0.25) is 11.2 Å². The summed E-state index contributed by atoms with van der Waals surface area (Å²) in [7, 11) is 0. The smallest absolute Gasteiger partial charge is 0.343 e. The third kappa shape index (κ3) is 1.98. The second-order valence-corrected chi connectivity index (χ2v) is 13.3. The van der Waals surface area contributed by atoms with E-state index in [1.807, 2.05) is 19.9 Å². The van der Waals surface area contributed by atoms with Gasteiger partial charge in [0.25, 0.3) is 0 Å². The van der Waals surface area contributed by atoms with Crippen LogP contribution in [0.1, 0.15) is 46.5 Å². The van der Waals surface area contributed by atoms with Gasteiger partial charge in [0.05, 0.1) is 30.0 Å². The summed E-state index contributed by atoms with van der Waals surface area (Å²) < 4.78 is 24.5. The van der Waals surface area contributed by atoms with E-state index in [2.05, 4.69) is 0 Å². The van der Waals surface area contributed by atoms with Crippen LogP contribution in [-0.2, 0) is 38.1 Å². The van der Waals surface area contributed by atoms with Crippen LogP contribution in [0.5, 0.6) is 0 Å². The molecule has 10 heteroatoms. The SMILES string of the molecule is C[C@]12C(=O)C[C@@H](O)C=C1C=C[C@@H]1[C@@H]2CC[C@]2(O)C(=O)O[C@@]3(C)[C@H]4C[C@]5(C)[C@@H](CO[C@]16C(=O)O[C@@]32[C@@H]56)C(=O)O4. The fourth-order valence-corrected chi connectivity index (χ4v) is 10.3. The number of rotatable bonds is 0. The van der Waals surface area contributed by atoms with E-state index in [0.717, 1.165) is 0 Å². The first kappa shape index (κ1) is 23.3. The molecule has 0 aromatic heterocycles. The average Bonchev–Trinajstić information content (AvgIpc) is 3.22. The molecule has 4 saturated heterocycles. The van der Waals surface area contributed by atoms with Gasteiger partial charge in [-0.25, -0.2) is 9.59 Å². The predicted molar refractivity (Wildman–Crippen MR) is 124 cm³/mol. The maximum Gasteiger partial charge on any atom is 0.343 e. The lowest BCUT2D eigenvalue weighted by molar-refractivity contribution is -0.329. The molecule has 12 atom stereocenters. The lowest BCUT2D eigenvalue weighted by atomic mass is 9.39. The molecule has 0 amide bonds. The van der Waals surface area contributed by atoms with Gasteiger partial charge in [-0.3, -0.25) is 9.59 Å². The number of hydrogen-bond donors (Lipinski definition) is 2. The van der Waals surface area contributed by atoms with E-state index < -0.39 is 87.0 Å². The molecule has 8 rings (SSSR count). The van der Waals surface area contributed by atoms with Crippen molar-refractivity contribution in [2.75, 3.05) is 6.61 Å². The quantitative estimate of drug-likeness (QED) is 0.339. The number of ketones is 1. The third-order valence-electron chi connectivity index (χ3n) is 12.0. The van der Waals surface area contributed by atoms with Gasteiger partial charge >= 0.3 is 17.9 Å². The summed E-state index contributed by atoms with van der Waals surface area (Å²) in [5, 5.41) is 22.7. The number of carbonyl (C=O) groups excluding carboxylic acids is 4. The van der Waals surface area contributed by atoms with Crippen LogP contribution in [0.2, 0.25) is 0 Å². The van der Waals surface area contributed by atoms with E-state index in [9.17, 15) is 29.4 Å². The van der Waals surface area contributed by atoms with Crippen molar-refractivity contribution in [3.05, 3.63) is 23.8 Å². The number of Topliss-reactive ketones (excluding diaryl/α,β-unsaturated/α-hetero) is 1. The van der Waals surface area contributed by atoms with Gasteiger partial charge < -0.3 is 29.2 Å². The molecule has 4 heterocycles. The lowest BCUT2D eigenvalue weighted by Crippen LogP contribution is -2.82. The summed E-state index contributed by atoms with van der Waals surface area (Å²) >= 11 is 0. The number of aliphatic hydroxyl groups is 2. The first-order chi connectivity index (χ1) is 17.8. The van der Waals surface area contributed by atoms with Crippen LogP contribution < -0.4 is 0 Å². The molecule has 4 bridgehead atoms. The minimum atomic E-state index is -2.23. The van der Waals surface area contributed by atoms with Gasteiger partial charge in [0, 0.05) is 12.3 Å². The zero-order valence-electron chi connectivity index (χ0n) is 21.4. The molecule has 10 nitrogen and oxygen atoms in total. The highest BCUT2D eigenvalue weighted by Gasteiger charge is 2.95. The number of ether oxygens (including phenoxy) is 4. The number of esters is 3. The van der Waals surface area contributed by atoms with E-state index >= 15 is 0 Å². The molecular formula is C28H30O10. The largest absolute Gasteiger partial charge is 0.458 e. The van der Waals surface area contributed by atoms with Crippen molar-refractivity contribution in [1.29, 1.82) is 0 Å². The molecule has 4 aliphatic carbocycles. The number of carbonyl (C=O) groups is 4. The molecule has 0 unspecified atom stereocenters. The lowest BCUT2D eigenvalue weighted by Gasteiger charge is -2.67. The predicted octanol–water partition coefficient (Wildman–Crippen LogP) is 0.528. The van der Waals surface area contributed by atoms with Crippen molar-refractivity contribution in [1.82, 2.24) is 0 Å². The van der Waals surface area contributed by atoms with Crippen LogP contribution in [0, 0.1) is 34.5 Å². The van der Waals surface area contributed by atoms with Crippen molar-refractivity contribution >= 4 is 23.7 Å². The van der Waals surface area contributed by atoms with Crippen LogP contribution in [0.15, 0.2) is 23.8 Å². The summed E-state index contributed by atoms with van der Waals surface area (Å²) in [5.41, 5.74) is -8.70. The van der Waals surface area contributed by atoms with Crippen LogP contribution >= 0.6 is 0 Å². The molecule has 8 aliphatic rings. The monoisotopic (exact) mass is 526 g/mol. The summed E-state index contributed by atoms with van der Waals surface area (Å²) in [5.74, 6) is -5.13. The third-order valence-corrected chi connectivity index (χ3v) is 12.0. The fraction of sp³-hybridized carbons (Fsp3) is 0.714. The topological polar surface area (TPSA) is 146 Å². The van der Waals surface area contributed by atoms with Crippen molar-refractivity contribution in [2.24, 2.45) is 34.5 Å². The van der Waals surface area contributed by atoms with E-state index in [4.69, 9.17) is 18.9 Å². The molecule has 0 aromatic carbocycles. The Bertz CT molecular complexity index is 1330. The molecule has 6 fully saturated rings. The van der Waals surface area contributed by atoms with Crippen LogP contribution in [0.4, 0.5) is 0 Å². The van der Waals surface area contributed by atoms with E-state index in [1.54, 1.807) is 19.1 Å². The van der Waals surface area contributed by atoms with Crippen molar-refractivity contribution in [3.8, 4) is 0 Å². The zero-order valence-corrected chi connectivity index (χ0v) is 21.4. The van der Waals surface area contributed by atoms with Gasteiger partial charge in [-0.05, 0) is 50.0 Å². The number of hydrogen-bond acceptors (Lipinski definition) is 10. The standard InChI is InChI=1S/C28H30O10/c1-23-10-18-25(3)28-20(23)27(22(33)38-28,35-11-16(23)19(31)36-18)15-5-4-12-8-13(29)9-17(30)24(12,2)14(15)6-7-26(28,34)21(32)37-25/h4-5,8,13-16,18,20,29,34H,6-7,9-11H2,1-3H3/t13-,14-,15+,16-,18+,20-,23+,24-,25-,26-,27+,28-/m0/s1. The molecular weight excluding hydrogens is 496 g/mol. The zero-order chi connectivity index (χ0) is 26.8. The van der Waals surface area contributed by atoms with Gasteiger partial charge in [-0.2, -0.15) is 0 Å². The number of fused-ring (bicyclic) bond motifs is 5. The molecule has 38 heavy (non-hydrogen) atoms. The minimum Gasteiger partial charge on any atom is -0.458 e. The van der Waals surface area contributed by atoms with Crippen molar-refractivity contribution < 1.29 is 48.3 Å². The Kier molecular flexibility index (Phi) is 3.84. The Hall–Kier alpha value is -2.56. The Labute approximate surface area is 218 Å². The van der Waals surface area contributed by atoms with Gasteiger partial charge in [-0.15, -0.1) is 0 Å². The first-order valence-electron chi connectivity index (χ1n) is 13.5. The summed E-state index contributed by atoms with van der Waals surface area (Å²) in [6.45, 7) is 5.21. The molecule has 2 N–H and O–H groups in total. The summed E-state index contributed by atoms with van der Waals surface area (Å²) in [4.78, 5) is 54.9. The second-order valence-electron chi connectivity index (χ2n) is 13.3. The van der Waals surface area contributed by atoms with Crippen LogP contribution in [0.25, 0.3) is 0 Å². The number of aliphatic hydroxyl groups excluding tert-OH is 1. The molecule has 202 valence electrons. The highest BCUT2D eigenvalue weighted by molar-refractivity contribution is 5.95. The van der Waals surface area contributed by atoms with E-state index in [-0.39, 0.29) is 31.7 Å². The summed E-state index contributed by atoms with van der Waals surface area (Å²) in [6.07, 6.45) is 3.83. The Morgan fingerprint density at radius 1 is 1.05 bits per heavy atom. The minimum absolute atomic E-state index is 0.0690. The van der Waals surface area contributed by atoms with Gasteiger partial charge in [-0.1, -0.05) is 25.2 Å². The first-order valence-corrected chi connectivity index (χ1v) is 13.5.